The second kappa shape index (κ2) is 11.2. The Morgan fingerprint density at radius 2 is 0.750 bits per heavy atom. The minimum absolute atomic E-state index is 0.461. The SMILES string of the molecule is F[B-](F)(F)F.F[B-](F)(F)F.N#[N+]c1ccc(N=Nc2ccc([N+]#N)cc2)cc1. The molecular weight excluding hydrogens is 402 g/mol. The van der Waals surface area contributed by atoms with Gasteiger partial charge in [0.1, 0.15) is 0 Å². The molecule has 0 fully saturated rings. The van der Waals surface area contributed by atoms with Crippen molar-refractivity contribution >= 4 is 37.3 Å². The Morgan fingerprint density at radius 1 is 0.536 bits per heavy atom. The van der Waals surface area contributed by atoms with E-state index in [1.165, 1.54) is 0 Å². The summed E-state index contributed by atoms with van der Waals surface area (Å²) in [4.78, 5) is 6.09. The lowest BCUT2D eigenvalue weighted by Crippen LogP contribution is -2.02. The minimum Gasteiger partial charge on any atom is -0.418 e. The molecule has 0 aliphatic carbocycles. The Morgan fingerprint density at radius 3 is 0.929 bits per heavy atom. The molecule has 0 heterocycles. The summed E-state index contributed by atoms with van der Waals surface area (Å²) in [5.74, 6) is 0. The molecule has 0 saturated heterocycles. The van der Waals surface area contributed by atoms with Gasteiger partial charge in [-0.2, -0.15) is 10.2 Å². The molecule has 0 N–H and O–H groups in total. The Labute approximate surface area is 152 Å². The number of rotatable bonds is 2. The van der Waals surface area contributed by atoms with Gasteiger partial charge in [-0.25, -0.2) is 0 Å². The molecule has 0 amide bonds. The van der Waals surface area contributed by atoms with E-state index in [1.807, 2.05) is 0 Å². The van der Waals surface area contributed by atoms with Gasteiger partial charge in [0.15, 0.2) is 9.95 Å². The Hall–Kier alpha value is -3.55. The first-order valence-corrected chi connectivity index (χ1v) is 6.88. The van der Waals surface area contributed by atoms with Crippen molar-refractivity contribution in [1.29, 1.82) is 10.8 Å². The van der Waals surface area contributed by atoms with Crippen LogP contribution in [-0.4, -0.2) is 14.5 Å². The van der Waals surface area contributed by atoms with Crippen molar-refractivity contribution in [3.8, 4) is 0 Å². The highest BCUT2D eigenvalue weighted by molar-refractivity contribution is 6.50. The molecule has 0 unspecified atom stereocenters. The molecule has 0 aliphatic heterocycles. The van der Waals surface area contributed by atoms with E-state index < -0.39 is 14.5 Å². The highest BCUT2D eigenvalue weighted by Crippen LogP contribution is 2.23. The van der Waals surface area contributed by atoms with Crippen molar-refractivity contribution < 1.29 is 34.5 Å². The van der Waals surface area contributed by atoms with Crippen LogP contribution in [0.15, 0.2) is 58.8 Å². The van der Waals surface area contributed by atoms with Gasteiger partial charge in [0.2, 0.25) is 10.8 Å². The normalized spacial score (nSPS) is 10.6. The van der Waals surface area contributed by atoms with Crippen molar-refractivity contribution in [1.82, 2.24) is 0 Å². The molecule has 0 saturated carbocycles. The lowest BCUT2D eigenvalue weighted by atomic mass is 10.3. The zero-order valence-corrected chi connectivity index (χ0v) is 13.5. The summed E-state index contributed by atoms with van der Waals surface area (Å²) in [5.41, 5.74) is 2.22. The first-order valence-electron chi connectivity index (χ1n) is 6.88. The molecule has 0 aliphatic rings. The number of nitrogens with zero attached hydrogens (tertiary/aromatic N) is 6. The molecule has 16 heteroatoms. The van der Waals surface area contributed by atoms with E-state index in [4.69, 9.17) is 10.8 Å². The van der Waals surface area contributed by atoms with Gasteiger partial charge in [0, 0.05) is 24.3 Å². The fourth-order valence-electron chi connectivity index (χ4n) is 1.29. The highest BCUT2D eigenvalue weighted by Gasteiger charge is 2.21. The summed E-state index contributed by atoms with van der Waals surface area (Å²) in [6.45, 7) is 0. The third kappa shape index (κ3) is 15.9. The summed E-state index contributed by atoms with van der Waals surface area (Å²) >= 11 is 0. The van der Waals surface area contributed by atoms with Crippen LogP contribution < -0.4 is 0 Å². The van der Waals surface area contributed by atoms with E-state index in [2.05, 4.69) is 20.2 Å². The Balaban J connectivity index is 0.000000607. The molecule has 2 aromatic carbocycles. The second-order valence-corrected chi connectivity index (χ2v) is 4.42. The smallest absolute Gasteiger partial charge is 0.418 e. The van der Waals surface area contributed by atoms with Crippen molar-refractivity contribution in [3.05, 3.63) is 58.5 Å². The maximum atomic E-state index is 9.75. The van der Waals surface area contributed by atoms with Gasteiger partial charge in [-0.3, -0.25) is 0 Å². The van der Waals surface area contributed by atoms with Crippen LogP contribution in [0.5, 0.6) is 0 Å². The van der Waals surface area contributed by atoms with Gasteiger partial charge in [0.05, 0.1) is 11.4 Å². The van der Waals surface area contributed by atoms with Crippen molar-refractivity contribution in [2.45, 2.75) is 0 Å². The van der Waals surface area contributed by atoms with Crippen LogP contribution in [-0.2, 0) is 0 Å². The van der Waals surface area contributed by atoms with Crippen molar-refractivity contribution in [2.75, 3.05) is 0 Å². The average Bonchev–Trinajstić information content (AvgIpc) is 2.58. The van der Waals surface area contributed by atoms with E-state index in [1.54, 1.807) is 48.5 Å². The molecule has 0 aromatic heterocycles. The van der Waals surface area contributed by atoms with Gasteiger partial charge in [-0.05, 0) is 24.3 Å². The topological polar surface area (TPSA) is 81.0 Å². The van der Waals surface area contributed by atoms with Crippen LogP contribution in [0.4, 0.5) is 57.3 Å². The Kier molecular flexibility index (Phi) is 9.80. The largest absolute Gasteiger partial charge is 0.673 e. The lowest BCUT2D eigenvalue weighted by molar-refractivity contribution is 0.366. The first kappa shape index (κ1) is 24.4. The molecule has 0 bridgehead atoms. The van der Waals surface area contributed by atoms with Crippen LogP contribution >= 0.6 is 0 Å². The van der Waals surface area contributed by atoms with Crippen LogP contribution in [0.3, 0.4) is 0 Å². The maximum Gasteiger partial charge on any atom is 0.673 e. The third-order valence-corrected chi connectivity index (χ3v) is 2.21. The van der Waals surface area contributed by atoms with Crippen LogP contribution in [0.2, 0.25) is 0 Å². The van der Waals surface area contributed by atoms with Crippen LogP contribution in [0, 0.1) is 10.8 Å². The summed E-state index contributed by atoms with van der Waals surface area (Å²) in [5, 5.41) is 25.1. The standard InChI is InChI=1S/C12H8N6.2BF4/c13-15-9-1-5-11(6-2-9)17-18-12-7-3-10(16-14)4-8-12;2*2-1(3,4)5/h1-8H;;/q+2;2*-1. The number of halogens is 8. The van der Waals surface area contributed by atoms with Gasteiger partial charge < -0.3 is 34.5 Å². The van der Waals surface area contributed by atoms with Gasteiger partial charge in [-0.1, -0.05) is 0 Å². The van der Waals surface area contributed by atoms with E-state index >= 15 is 0 Å². The summed E-state index contributed by atoms with van der Waals surface area (Å²) in [6, 6.07) is 13.3. The third-order valence-electron chi connectivity index (χ3n) is 2.21. The van der Waals surface area contributed by atoms with Crippen LogP contribution in [0.25, 0.3) is 9.95 Å². The second-order valence-electron chi connectivity index (χ2n) is 4.42. The minimum atomic E-state index is -6.00. The lowest BCUT2D eigenvalue weighted by Gasteiger charge is -1.94. The Bertz CT molecular complexity index is 754. The van der Waals surface area contributed by atoms with Crippen LogP contribution in [0.1, 0.15) is 0 Å². The van der Waals surface area contributed by atoms with E-state index in [0.29, 0.717) is 22.7 Å². The summed E-state index contributed by atoms with van der Waals surface area (Å²) in [6.07, 6.45) is 0. The van der Waals surface area contributed by atoms with Gasteiger partial charge in [0.25, 0.3) is 0 Å². The molecule has 6 nitrogen and oxygen atoms in total. The molecule has 2 aromatic rings. The molecule has 0 radical (unpaired) electrons. The van der Waals surface area contributed by atoms with Gasteiger partial charge in [-0.15, -0.1) is 0 Å². The van der Waals surface area contributed by atoms with E-state index in [9.17, 15) is 34.5 Å². The number of hydrogen-bond donors (Lipinski definition) is 0. The van der Waals surface area contributed by atoms with E-state index in [0.717, 1.165) is 0 Å². The maximum absolute atomic E-state index is 9.75. The molecule has 148 valence electrons. The first-order chi connectivity index (χ1) is 12.8. The average molecular weight is 410 g/mol. The fourth-order valence-corrected chi connectivity index (χ4v) is 1.29. The highest BCUT2D eigenvalue weighted by atomic mass is 19.5. The fraction of sp³-hybridized carbons (Fsp3) is 0. The van der Waals surface area contributed by atoms with Gasteiger partial charge >= 0.3 is 25.9 Å². The molecule has 0 atom stereocenters. The molecular formula is C12H8B2F8N6. The molecule has 0 spiro atoms. The quantitative estimate of drug-likeness (QED) is 0.220. The predicted octanol–water partition coefficient (Wildman–Crippen LogP) is 7.67. The molecule has 28 heavy (non-hydrogen) atoms. The summed E-state index contributed by atoms with van der Waals surface area (Å²) in [7, 11) is -12.0. The zero-order chi connectivity index (χ0) is 21.8. The van der Waals surface area contributed by atoms with Crippen molar-refractivity contribution in [2.24, 2.45) is 10.2 Å². The van der Waals surface area contributed by atoms with Crippen molar-refractivity contribution in [3.63, 3.8) is 0 Å². The molecule has 2 rings (SSSR count). The monoisotopic (exact) mass is 410 g/mol. The number of azo groups is 1. The summed E-state index contributed by atoms with van der Waals surface area (Å²) < 4.78 is 78.0. The zero-order valence-electron chi connectivity index (χ0n) is 13.5. The number of benzene rings is 2. The number of hydrogen-bond acceptors (Lipinski definition) is 4. The van der Waals surface area contributed by atoms with E-state index in [-0.39, 0.29) is 0 Å². The number of diazo groups is 2. The predicted molar refractivity (Wildman–Crippen MR) is 86.9 cm³/mol.